The fraction of sp³-hybridized carbons (Fsp3) is 0.214. The average molecular weight is 291 g/mol. The minimum absolute atomic E-state index is 0.0933. The average Bonchev–Trinajstić information content (AvgIpc) is 2.37. The Labute approximate surface area is 118 Å². The predicted octanol–water partition coefficient (Wildman–Crippen LogP) is 1.59. The number of nitrogens with zero attached hydrogens (tertiary/aromatic N) is 1. The van der Waals surface area contributed by atoms with Crippen molar-refractivity contribution in [2.45, 2.75) is 19.2 Å². The highest BCUT2D eigenvalue weighted by Crippen LogP contribution is 2.10. The lowest BCUT2D eigenvalue weighted by Crippen LogP contribution is -2.25. The molecule has 6 heteroatoms. The van der Waals surface area contributed by atoms with Gasteiger partial charge in [-0.1, -0.05) is 18.2 Å². The van der Waals surface area contributed by atoms with Crippen LogP contribution in [-0.2, 0) is 22.3 Å². The van der Waals surface area contributed by atoms with Gasteiger partial charge in [-0.2, -0.15) is 0 Å². The Morgan fingerprint density at radius 3 is 2.75 bits per heavy atom. The van der Waals surface area contributed by atoms with E-state index in [4.69, 9.17) is 5.73 Å². The van der Waals surface area contributed by atoms with Gasteiger partial charge >= 0.3 is 0 Å². The number of rotatable bonds is 5. The largest absolute Gasteiger partial charge is 0.399 e. The van der Waals surface area contributed by atoms with E-state index in [-0.39, 0.29) is 12.3 Å². The van der Waals surface area contributed by atoms with Gasteiger partial charge < -0.3 is 5.73 Å². The quantitative estimate of drug-likeness (QED) is 0.819. The summed E-state index contributed by atoms with van der Waals surface area (Å²) in [6, 6.07) is 10.6. The Kier molecular flexibility index (Phi) is 4.36. The van der Waals surface area contributed by atoms with Gasteiger partial charge in [0.05, 0.1) is 18.0 Å². The molecule has 0 atom stereocenters. The molecule has 20 heavy (non-hydrogen) atoms. The second kappa shape index (κ2) is 6.02. The minimum atomic E-state index is -3.41. The summed E-state index contributed by atoms with van der Waals surface area (Å²) in [7, 11) is -3.41. The fourth-order valence-electron chi connectivity index (χ4n) is 1.84. The predicted molar refractivity (Wildman–Crippen MR) is 79.3 cm³/mol. The monoisotopic (exact) mass is 291 g/mol. The first kappa shape index (κ1) is 14.5. The normalized spacial score (nSPS) is 11.4. The van der Waals surface area contributed by atoms with Gasteiger partial charge in [-0.05, 0) is 36.2 Å². The Balaban J connectivity index is 2.03. The molecule has 106 valence electrons. The van der Waals surface area contributed by atoms with E-state index in [9.17, 15) is 8.42 Å². The van der Waals surface area contributed by atoms with Gasteiger partial charge in [0.25, 0.3) is 0 Å². The maximum atomic E-state index is 12.0. The van der Waals surface area contributed by atoms with Crippen molar-refractivity contribution in [2.75, 3.05) is 5.73 Å². The number of hydrogen-bond donors (Lipinski definition) is 2. The number of aryl methyl sites for hydroxylation is 1. The Bertz CT molecular complexity index is 699. The molecular formula is C14H17N3O2S. The molecule has 2 rings (SSSR count). The smallest absolute Gasteiger partial charge is 0.216 e. The Morgan fingerprint density at radius 2 is 2.05 bits per heavy atom. The van der Waals surface area contributed by atoms with Crippen molar-refractivity contribution in [1.29, 1.82) is 0 Å². The van der Waals surface area contributed by atoms with Crippen molar-refractivity contribution in [1.82, 2.24) is 9.71 Å². The maximum Gasteiger partial charge on any atom is 0.216 e. The highest BCUT2D eigenvalue weighted by atomic mass is 32.2. The lowest BCUT2D eigenvalue weighted by Gasteiger charge is -2.08. The van der Waals surface area contributed by atoms with Crippen LogP contribution in [0.4, 0.5) is 5.69 Å². The molecule has 0 aliphatic carbocycles. The molecule has 3 N–H and O–H groups in total. The van der Waals surface area contributed by atoms with Crippen LogP contribution in [0.1, 0.15) is 16.8 Å². The van der Waals surface area contributed by atoms with Gasteiger partial charge in [0, 0.05) is 11.9 Å². The molecule has 0 aliphatic heterocycles. The van der Waals surface area contributed by atoms with Gasteiger partial charge in [-0.25, -0.2) is 13.1 Å². The van der Waals surface area contributed by atoms with E-state index in [1.54, 1.807) is 30.5 Å². The van der Waals surface area contributed by atoms with Crippen LogP contribution in [0.2, 0.25) is 0 Å². The molecule has 1 aromatic heterocycles. The van der Waals surface area contributed by atoms with Crippen LogP contribution < -0.4 is 10.5 Å². The number of benzene rings is 1. The summed E-state index contributed by atoms with van der Waals surface area (Å²) < 4.78 is 26.6. The van der Waals surface area contributed by atoms with Crippen molar-refractivity contribution in [3.05, 3.63) is 59.4 Å². The van der Waals surface area contributed by atoms with E-state index in [1.165, 1.54) is 0 Å². The van der Waals surface area contributed by atoms with Crippen LogP contribution in [-0.4, -0.2) is 13.4 Å². The molecule has 0 bridgehead atoms. The first-order chi connectivity index (χ1) is 9.46. The van der Waals surface area contributed by atoms with Gasteiger partial charge in [0.1, 0.15) is 0 Å². The summed E-state index contributed by atoms with van der Waals surface area (Å²) in [5, 5.41) is 0. The first-order valence-electron chi connectivity index (χ1n) is 6.18. The van der Waals surface area contributed by atoms with Gasteiger partial charge in [-0.3, -0.25) is 4.98 Å². The fourth-order valence-corrected chi connectivity index (χ4v) is 2.91. The summed E-state index contributed by atoms with van der Waals surface area (Å²) in [5.41, 5.74) is 8.54. The summed E-state index contributed by atoms with van der Waals surface area (Å²) in [5.74, 6) is -0.0933. The molecule has 0 saturated heterocycles. The standard InChI is InChI=1S/C14H17N3O2S/c1-11-4-3-7-16-14(11)9-17-20(18,19)10-12-5-2-6-13(15)8-12/h2-8,17H,9-10,15H2,1H3. The molecular weight excluding hydrogens is 274 g/mol. The number of nitrogens with one attached hydrogen (secondary N) is 1. The number of anilines is 1. The molecule has 0 spiro atoms. The highest BCUT2D eigenvalue weighted by Gasteiger charge is 2.12. The van der Waals surface area contributed by atoms with E-state index in [1.807, 2.05) is 19.1 Å². The van der Waals surface area contributed by atoms with Crippen LogP contribution in [0.3, 0.4) is 0 Å². The zero-order chi connectivity index (χ0) is 14.6. The van der Waals surface area contributed by atoms with E-state index >= 15 is 0 Å². The topological polar surface area (TPSA) is 85.1 Å². The number of aromatic nitrogens is 1. The van der Waals surface area contributed by atoms with Crippen molar-refractivity contribution >= 4 is 15.7 Å². The Morgan fingerprint density at radius 1 is 1.25 bits per heavy atom. The Hall–Kier alpha value is -1.92. The number of nitrogens with two attached hydrogens (primary N) is 1. The molecule has 0 aliphatic rings. The zero-order valence-corrected chi connectivity index (χ0v) is 12.0. The molecule has 0 fully saturated rings. The lowest BCUT2D eigenvalue weighted by atomic mass is 10.2. The van der Waals surface area contributed by atoms with E-state index in [0.717, 1.165) is 11.3 Å². The molecule has 0 radical (unpaired) electrons. The molecule has 0 saturated carbocycles. The molecule has 1 heterocycles. The SMILES string of the molecule is Cc1cccnc1CNS(=O)(=O)Cc1cccc(N)c1. The minimum Gasteiger partial charge on any atom is -0.399 e. The second-order valence-electron chi connectivity index (χ2n) is 4.59. The van der Waals surface area contributed by atoms with Gasteiger partial charge in [-0.15, -0.1) is 0 Å². The third-order valence-corrected chi connectivity index (χ3v) is 4.18. The molecule has 1 aromatic carbocycles. The van der Waals surface area contributed by atoms with Crippen LogP contribution in [0.15, 0.2) is 42.6 Å². The van der Waals surface area contributed by atoms with Gasteiger partial charge in [0.2, 0.25) is 10.0 Å². The third kappa shape index (κ3) is 4.04. The molecule has 0 amide bonds. The van der Waals surface area contributed by atoms with Crippen molar-refractivity contribution in [2.24, 2.45) is 0 Å². The van der Waals surface area contributed by atoms with E-state index in [0.29, 0.717) is 11.3 Å². The number of pyridine rings is 1. The third-order valence-electron chi connectivity index (χ3n) is 2.89. The highest BCUT2D eigenvalue weighted by molar-refractivity contribution is 7.88. The maximum absolute atomic E-state index is 12.0. The zero-order valence-electron chi connectivity index (χ0n) is 11.2. The molecule has 0 unspecified atom stereocenters. The summed E-state index contributed by atoms with van der Waals surface area (Å²) in [6.45, 7) is 2.09. The molecule has 2 aromatic rings. The summed E-state index contributed by atoms with van der Waals surface area (Å²) >= 11 is 0. The van der Waals surface area contributed by atoms with Crippen molar-refractivity contribution in [3.63, 3.8) is 0 Å². The van der Waals surface area contributed by atoms with Gasteiger partial charge in [0.15, 0.2) is 0 Å². The van der Waals surface area contributed by atoms with E-state index < -0.39 is 10.0 Å². The second-order valence-corrected chi connectivity index (χ2v) is 6.40. The lowest BCUT2D eigenvalue weighted by molar-refractivity contribution is 0.579. The number of hydrogen-bond acceptors (Lipinski definition) is 4. The van der Waals surface area contributed by atoms with Crippen molar-refractivity contribution in [3.8, 4) is 0 Å². The van der Waals surface area contributed by atoms with E-state index in [2.05, 4.69) is 9.71 Å². The van der Waals surface area contributed by atoms with Crippen LogP contribution in [0, 0.1) is 6.92 Å². The van der Waals surface area contributed by atoms with Crippen LogP contribution in [0.5, 0.6) is 0 Å². The summed E-state index contributed by atoms with van der Waals surface area (Å²) in [6.07, 6.45) is 1.65. The van der Waals surface area contributed by atoms with Crippen molar-refractivity contribution < 1.29 is 8.42 Å². The molecule has 5 nitrogen and oxygen atoms in total. The summed E-state index contributed by atoms with van der Waals surface area (Å²) in [4.78, 5) is 4.16. The van der Waals surface area contributed by atoms with Crippen LogP contribution in [0.25, 0.3) is 0 Å². The number of nitrogen functional groups attached to an aromatic ring is 1. The first-order valence-corrected chi connectivity index (χ1v) is 7.84. The van der Waals surface area contributed by atoms with Crippen LogP contribution >= 0.6 is 0 Å². The number of sulfonamides is 1.